The molecule has 3 rings (SSSR count). The van der Waals surface area contributed by atoms with E-state index in [1.165, 1.54) is 12.1 Å². The summed E-state index contributed by atoms with van der Waals surface area (Å²) in [5, 5.41) is 18.8. The summed E-state index contributed by atoms with van der Waals surface area (Å²) in [5.74, 6) is 1.53. The van der Waals surface area contributed by atoms with Crippen LogP contribution in [0.15, 0.2) is 42.5 Å². The Bertz CT molecular complexity index is 816. The largest absolute Gasteiger partial charge is 0.508 e. The summed E-state index contributed by atoms with van der Waals surface area (Å²) in [6.07, 6.45) is 3.20. The molecular formula is C21H22N2O3. The van der Waals surface area contributed by atoms with Crippen LogP contribution < -0.4 is 4.74 Å². The van der Waals surface area contributed by atoms with Gasteiger partial charge in [-0.05, 0) is 55.2 Å². The van der Waals surface area contributed by atoms with Crippen molar-refractivity contribution in [2.24, 2.45) is 5.92 Å². The van der Waals surface area contributed by atoms with Gasteiger partial charge in [0.05, 0.1) is 11.6 Å². The van der Waals surface area contributed by atoms with Crippen LogP contribution in [-0.4, -0.2) is 29.0 Å². The number of nitriles is 1. The minimum absolute atomic E-state index is 0.0112. The van der Waals surface area contributed by atoms with E-state index in [-0.39, 0.29) is 11.7 Å². The average Bonchev–Trinajstić information content (AvgIpc) is 2.67. The zero-order valence-electron chi connectivity index (χ0n) is 14.8. The highest BCUT2D eigenvalue weighted by molar-refractivity contribution is 5.95. The lowest BCUT2D eigenvalue weighted by molar-refractivity contribution is 0.0688. The molecule has 1 aliphatic rings. The second-order valence-corrected chi connectivity index (χ2v) is 6.60. The lowest BCUT2D eigenvalue weighted by Gasteiger charge is -2.31. The van der Waals surface area contributed by atoms with Crippen LogP contribution in [0.5, 0.6) is 17.2 Å². The highest BCUT2D eigenvalue weighted by Crippen LogP contribution is 2.29. The Labute approximate surface area is 153 Å². The minimum Gasteiger partial charge on any atom is -0.508 e. The first-order valence-electron chi connectivity index (χ1n) is 8.90. The first-order valence-corrected chi connectivity index (χ1v) is 8.90. The van der Waals surface area contributed by atoms with E-state index in [0.717, 1.165) is 32.4 Å². The standard InChI is InChI=1S/C21H22N2O3/c1-2-15-7-9-23(10-8-15)21(25)17-11-18(24)13-20(12-17)26-19-5-3-16(14-22)4-6-19/h3-6,11-13,15,24H,2,7-10H2,1H3. The first-order chi connectivity index (χ1) is 12.6. The van der Waals surface area contributed by atoms with Crippen LogP contribution in [0.2, 0.25) is 0 Å². The van der Waals surface area contributed by atoms with Gasteiger partial charge in [-0.15, -0.1) is 0 Å². The van der Waals surface area contributed by atoms with Crippen molar-refractivity contribution in [3.05, 3.63) is 53.6 Å². The Kier molecular flexibility index (Phi) is 5.43. The zero-order chi connectivity index (χ0) is 18.5. The number of hydrogen-bond acceptors (Lipinski definition) is 4. The van der Waals surface area contributed by atoms with Crippen molar-refractivity contribution in [3.63, 3.8) is 0 Å². The molecule has 2 aromatic carbocycles. The molecule has 0 atom stereocenters. The maximum absolute atomic E-state index is 12.8. The van der Waals surface area contributed by atoms with Crippen molar-refractivity contribution >= 4 is 5.91 Å². The number of rotatable bonds is 4. The van der Waals surface area contributed by atoms with Crippen LogP contribution in [0, 0.1) is 17.2 Å². The van der Waals surface area contributed by atoms with Crippen LogP contribution in [0.25, 0.3) is 0 Å². The molecule has 0 aromatic heterocycles. The molecule has 0 aliphatic carbocycles. The summed E-state index contributed by atoms with van der Waals surface area (Å²) in [6, 6.07) is 13.3. The van der Waals surface area contributed by atoms with Crippen LogP contribution in [-0.2, 0) is 0 Å². The van der Waals surface area contributed by atoms with Gasteiger partial charge in [-0.1, -0.05) is 13.3 Å². The van der Waals surface area contributed by atoms with Crippen molar-refractivity contribution in [1.29, 1.82) is 5.26 Å². The molecule has 0 radical (unpaired) electrons. The number of piperidine rings is 1. The Hall–Kier alpha value is -3.00. The molecule has 5 nitrogen and oxygen atoms in total. The van der Waals surface area contributed by atoms with Gasteiger partial charge in [0.25, 0.3) is 5.91 Å². The summed E-state index contributed by atoms with van der Waals surface area (Å²) in [5.41, 5.74) is 0.961. The molecule has 26 heavy (non-hydrogen) atoms. The smallest absolute Gasteiger partial charge is 0.254 e. The van der Waals surface area contributed by atoms with Gasteiger partial charge >= 0.3 is 0 Å². The number of nitrogens with zero attached hydrogens (tertiary/aromatic N) is 2. The molecule has 1 amide bonds. The van der Waals surface area contributed by atoms with Crippen molar-refractivity contribution in [2.45, 2.75) is 26.2 Å². The van der Waals surface area contributed by atoms with Crippen molar-refractivity contribution in [2.75, 3.05) is 13.1 Å². The predicted molar refractivity (Wildman–Crippen MR) is 98.3 cm³/mol. The molecular weight excluding hydrogens is 328 g/mol. The topological polar surface area (TPSA) is 73.6 Å². The van der Waals surface area contributed by atoms with E-state index in [9.17, 15) is 9.90 Å². The summed E-state index contributed by atoms with van der Waals surface area (Å²) < 4.78 is 5.73. The zero-order valence-corrected chi connectivity index (χ0v) is 14.8. The molecule has 1 N–H and O–H groups in total. The number of ether oxygens (including phenoxy) is 1. The minimum atomic E-state index is -0.0832. The van der Waals surface area contributed by atoms with E-state index in [0.29, 0.717) is 28.5 Å². The van der Waals surface area contributed by atoms with Crippen LogP contribution in [0.4, 0.5) is 0 Å². The quantitative estimate of drug-likeness (QED) is 0.891. The SMILES string of the molecule is CCC1CCN(C(=O)c2cc(O)cc(Oc3ccc(C#N)cc3)c2)CC1. The van der Waals surface area contributed by atoms with Crippen molar-refractivity contribution < 1.29 is 14.6 Å². The third kappa shape index (κ3) is 4.15. The van der Waals surface area contributed by atoms with Gasteiger partial charge in [0, 0.05) is 24.7 Å². The van der Waals surface area contributed by atoms with Gasteiger partial charge in [-0.2, -0.15) is 5.26 Å². The lowest BCUT2D eigenvalue weighted by atomic mass is 9.94. The highest BCUT2D eigenvalue weighted by atomic mass is 16.5. The van der Waals surface area contributed by atoms with Crippen LogP contribution >= 0.6 is 0 Å². The lowest BCUT2D eigenvalue weighted by Crippen LogP contribution is -2.38. The Morgan fingerprint density at radius 2 is 1.88 bits per heavy atom. The van der Waals surface area contributed by atoms with E-state index < -0.39 is 0 Å². The van der Waals surface area contributed by atoms with Gasteiger partial charge in [-0.25, -0.2) is 0 Å². The number of amides is 1. The Balaban J connectivity index is 1.74. The third-order valence-electron chi connectivity index (χ3n) is 4.84. The fraction of sp³-hybridized carbons (Fsp3) is 0.333. The first kappa shape index (κ1) is 17.8. The maximum Gasteiger partial charge on any atom is 0.254 e. The molecule has 1 heterocycles. The van der Waals surface area contributed by atoms with Crippen LogP contribution in [0.3, 0.4) is 0 Å². The van der Waals surface area contributed by atoms with Gasteiger partial charge in [0.15, 0.2) is 0 Å². The number of carbonyl (C=O) groups excluding carboxylic acids is 1. The molecule has 0 unspecified atom stereocenters. The molecule has 1 saturated heterocycles. The van der Waals surface area contributed by atoms with Gasteiger partial charge < -0.3 is 14.7 Å². The molecule has 134 valence electrons. The summed E-state index contributed by atoms with van der Waals surface area (Å²) >= 11 is 0. The monoisotopic (exact) mass is 350 g/mol. The summed E-state index contributed by atoms with van der Waals surface area (Å²) in [4.78, 5) is 14.6. The van der Waals surface area contributed by atoms with Gasteiger partial charge in [0.1, 0.15) is 17.2 Å². The fourth-order valence-electron chi connectivity index (χ4n) is 3.23. The summed E-state index contributed by atoms with van der Waals surface area (Å²) in [6.45, 7) is 3.68. The number of likely N-dealkylation sites (tertiary alicyclic amines) is 1. The van der Waals surface area contributed by atoms with Crippen molar-refractivity contribution in [3.8, 4) is 23.3 Å². The number of carbonyl (C=O) groups is 1. The Morgan fingerprint density at radius 1 is 1.19 bits per heavy atom. The molecule has 5 heteroatoms. The normalized spacial score (nSPS) is 14.7. The number of phenolic OH excluding ortho intramolecular Hbond substituents is 1. The van der Waals surface area contributed by atoms with E-state index >= 15 is 0 Å². The maximum atomic E-state index is 12.8. The molecule has 1 aliphatic heterocycles. The molecule has 0 spiro atoms. The number of phenols is 1. The second kappa shape index (κ2) is 7.92. The van der Waals surface area contributed by atoms with E-state index in [1.54, 1.807) is 30.3 Å². The molecule has 0 saturated carbocycles. The van der Waals surface area contributed by atoms with Crippen LogP contribution in [0.1, 0.15) is 42.1 Å². The molecule has 0 bridgehead atoms. The summed E-state index contributed by atoms with van der Waals surface area (Å²) in [7, 11) is 0. The highest BCUT2D eigenvalue weighted by Gasteiger charge is 2.23. The van der Waals surface area contributed by atoms with Crippen molar-refractivity contribution in [1.82, 2.24) is 4.90 Å². The van der Waals surface area contributed by atoms with E-state index in [1.807, 2.05) is 11.0 Å². The Morgan fingerprint density at radius 3 is 2.50 bits per heavy atom. The second-order valence-electron chi connectivity index (χ2n) is 6.60. The molecule has 1 fully saturated rings. The number of benzene rings is 2. The number of hydrogen-bond donors (Lipinski definition) is 1. The van der Waals surface area contributed by atoms with Gasteiger partial charge in [0.2, 0.25) is 0 Å². The van der Waals surface area contributed by atoms with E-state index in [2.05, 4.69) is 6.92 Å². The van der Waals surface area contributed by atoms with Gasteiger partial charge in [-0.3, -0.25) is 4.79 Å². The molecule has 2 aromatic rings. The third-order valence-corrected chi connectivity index (χ3v) is 4.84. The fourth-order valence-corrected chi connectivity index (χ4v) is 3.23. The average molecular weight is 350 g/mol. The van der Waals surface area contributed by atoms with E-state index in [4.69, 9.17) is 10.00 Å². The number of aromatic hydroxyl groups is 1. The predicted octanol–water partition coefficient (Wildman–Crippen LogP) is 4.32.